The van der Waals surface area contributed by atoms with Gasteiger partial charge in [0.1, 0.15) is 0 Å². The van der Waals surface area contributed by atoms with E-state index >= 15 is 0 Å². The summed E-state index contributed by atoms with van der Waals surface area (Å²) >= 11 is 4.99. The molecule has 0 spiro atoms. The van der Waals surface area contributed by atoms with Crippen molar-refractivity contribution in [3.8, 4) is 0 Å². The maximum atomic E-state index is 11.9. The highest BCUT2D eigenvalue weighted by Gasteiger charge is 2.16. The van der Waals surface area contributed by atoms with Gasteiger partial charge in [-0.1, -0.05) is 22.9 Å². The lowest BCUT2D eigenvalue weighted by atomic mass is 10.1. The fraction of sp³-hybridized carbons (Fsp3) is 0.583. The van der Waals surface area contributed by atoms with Crippen LogP contribution in [0, 0.1) is 19.8 Å². The number of rotatable bonds is 4. The Kier molecular flexibility index (Phi) is 4.99. The molecule has 1 rings (SSSR count). The molecule has 1 amide bonds. The fourth-order valence-electron chi connectivity index (χ4n) is 1.24. The van der Waals surface area contributed by atoms with Crippen LogP contribution in [0.15, 0.2) is 6.07 Å². The zero-order valence-corrected chi connectivity index (χ0v) is 12.5. The highest BCUT2D eigenvalue weighted by Crippen LogP contribution is 2.20. The number of thiophene rings is 1. The monoisotopic (exact) mass is 303 g/mol. The van der Waals surface area contributed by atoms with Crippen LogP contribution in [0.1, 0.15) is 34.0 Å². The van der Waals surface area contributed by atoms with Gasteiger partial charge in [-0.3, -0.25) is 4.79 Å². The molecular weight excluding hydrogens is 286 g/mol. The van der Waals surface area contributed by atoms with Crippen molar-refractivity contribution in [3.63, 3.8) is 0 Å². The number of carbonyl (C=O) groups is 1. The minimum Gasteiger partial charge on any atom is -0.349 e. The molecule has 1 aromatic heterocycles. The van der Waals surface area contributed by atoms with Crippen molar-refractivity contribution in [2.24, 2.45) is 5.92 Å². The summed E-state index contributed by atoms with van der Waals surface area (Å²) in [6.45, 7) is 8.23. The van der Waals surface area contributed by atoms with E-state index in [4.69, 9.17) is 0 Å². The lowest BCUT2D eigenvalue weighted by Crippen LogP contribution is -2.37. The summed E-state index contributed by atoms with van der Waals surface area (Å²) < 4.78 is 0. The molecule has 0 radical (unpaired) electrons. The van der Waals surface area contributed by atoms with Crippen LogP contribution in [0.25, 0.3) is 0 Å². The number of hydrogen-bond acceptors (Lipinski definition) is 2. The molecule has 4 heteroatoms. The summed E-state index contributed by atoms with van der Waals surface area (Å²) in [6, 6.07) is 2.15. The predicted octanol–water partition coefficient (Wildman–Crippen LogP) is 3.51. The molecule has 0 saturated carbocycles. The van der Waals surface area contributed by atoms with Crippen molar-refractivity contribution >= 4 is 33.2 Å². The molecule has 0 aliphatic rings. The molecule has 0 aromatic carbocycles. The highest BCUT2D eigenvalue weighted by molar-refractivity contribution is 9.09. The number of alkyl halides is 1. The number of carbonyl (C=O) groups excluding carboxylic acids is 1. The van der Waals surface area contributed by atoms with Gasteiger partial charge in [-0.05, 0) is 38.3 Å². The highest BCUT2D eigenvalue weighted by atomic mass is 79.9. The molecule has 0 aliphatic heterocycles. The van der Waals surface area contributed by atoms with Gasteiger partial charge in [-0.25, -0.2) is 0 Å². The fourth-order valence-corrected chi connectivity index (χ4v) is 2.74. The third-order valence-electron chi connectivity index (χ3n) is 2.85. The Labute approximate surface area is 110 Å². The van der Waals surface area contributed by atoms with Crippen LogP contribution in [-0.4, -0.2) is 17.3 Å². The maximum Gasteiger partial charge on any atom is 0.261 e. The van der Waals surface area contributed by atoms with Gasteiger partial charge < -0.3 is 5.32 Å². The normalized spacial score (nSPS) is 14.6. The van der Waals surface area contributed by atoms with Gasteiger partial charge >= 0.3 is 0 Å². The minimum atomic E-state index is 0.0431. The van der Waals surface area contributed by atoms with E-state index in [0.29, 0.717) is 5.92 Å². The smallest absolute Gasteiger partial charge is 0.261 e. The van der Waals surface area contributed by atoms with Gasteiger partial charge in [-0.15, -0.1) is 11.3 Å². The van der Waals surface area contributed by atoms with Crippen molar-refractivity contribution in [1.82, 2.24) is 5.32 Å². The first-order valence-electron chi connectivity index (χ1n) is 5.39. The predicted molar refractivity (Wildman–Crippen MR) is 73.7 cm³/mol. The van der Waals surface area contributed by atoms with Crippen molar-refractivity contribution in [1.29, 1.82) is 0 Å². The molecule has 2 unspecified atom stereocenters. The molecule has 90 valence electrons. The van der Waals surface area contributed by atoms with E-state index in [1.807, 2.05) is 26.8 Å². The summed E-state index contributed by atoms with van der Waals surface area (Å²) in [5.41, 5.74) is 1.19. The zero-order valence-electron chi connectivity index (χ0n) is 10.1. The second kappa shape index (κ2) is 5.82. The topological polar surface area (TPSA) is 29.1 Å². The average Bonchev–Trinajstić information content (AvgIpc) is 2.58. The molecule has 0 fully saturated rings. The molecule has 1 aromatic rings. The Morgan fingerprint density at radius 3 is 2.56 bits per heavy atom. The Bertz CT molecular complexity index is 356. The van der Waals surface area contributed by atoms with Crippen molar-refractivity contribution < 1.29 is 4.79 Å². The minimum absolute atomic E-state index is 0.0431. The quantitative estimate of drug-likeness (QED) is 0.847. The molecular formula is C12H18BrNOS. The lowest BCUT2D eigenvalue weighted by molar-refractivity contribution is 0.0935. The summed E-state index contributed by atoms with van der Waals surface area (Å²) in [6.07, 6.45) is 0. The molecule has 2 atom stereocenters. The van der Waals surface area contributed by atoms with Crippen LogP contribution in [0.3, 0.4) is 0 Å². The number of amides is 1. The Hall–Kier alpha value is -0.350. The molecule has 16 heavy (non-hydrogen) atoms. The number of halogens is 1. The van der Waals surface area contributed by atoms with Crippen molar-refractivity contribution in [2.75, 3.05) is 5.33 Å². The Balaban J connectivity index is 2.65. The second-order valence-corrected chi connectivity index (χ2v) is 6.15. The standard InChI is InChI=1S/C12H18BrNOS/c1-7-5-11(16-10(7)4)12(15)14-9(3)8(2)6-13/h5,8-9H,6H2,1-4H3,(H,14,15). The maximum absolute atomic E-state index is 11.9. The van der Waals surface area contributed by atoms with Crippen LogP contribution in [0.5, 0.6) is 0 Å². The van der Waals surface area contributed by atoms with E-state index in [2.05, 4.69) is 28.2 Å². The van der Waals surface area contributed by atoms with E-state index in [-0.39, 0.29) is 11.9 Å². The number of hydrogen-bond donors (Lipinski definition) is 1. The van der Waals surface area contributed by atoms with E-state index < -0.39 is 0 Å². The molecule has 0 aliphatic carbocycles. The first-order chi connectivity index (χ1) is 7.45. The summed E-state index contributed by atoms with van der Waals surface area (Å²) in [5, 5.41) is 3.93. The molecule has 2 nitrogen and oxygen atoms in total. The van der Waals surface area contributed by atoms with Gasteiger partial charge in [0.15, 0.2) is 0 Å². The summed E-state index contributed by atoms with van der Waals surface area (Å²) in [4.78, 5) is 13.9. The van der Waals surface area contributed by atoms with E-state index in [0.717, 1.165) is 10.2 Å². The van der Waals surface area contributed by atoms with Gasteiger partial charge in [0.2, 0.25) is 0 Å². The van der Waals surface area contributed by atoms with Crippen LogP contribution < -0.4 is 5.32 Å². The number of aryl methyl sites for hydroxylation is 2. The van der Waals surface area contributed by atoms with Gasteiger partial charge in [0.05, 0.1) is 4.88 Å². The average molecular weight is 304 g/mol. The van der Waals surface area contributed by atoms with Crippen LogP contribution in [-0.2, 0) is 0 Å². The van der Waals surface area contributed by atoms with Crippen LogP contribution in [0.4, 0.5) is 0 Å². The SMILES string of the molecule is Cc1cc(C(=O)NC(C)C(C)CBr)sc1C. The van der Waals surface area contributed by atoms with E-state index in [1.165, 1.54) is 10.4 Å². The van der Waals surface area contributed by atoms with E-state index in [1.54, 1.807) is 11.3 Å². The molecule has 1 N–H and O–H groups in total. The van der Waals surface area contributed by atoms with Crippen LogP contribution in [0.2, 0.25) is 0 Å². The first-order valence-corrected chi connectivity index (χ1v) is 7.33. The third kappa shape index (κ3) is 3.32. The lowest BCUT2D eigenvalue weighted by Gasteiger charge is -2.18. The Morgan fingerprint density at radius 2 is 2.12 bits per heavy atom. The van der Waals surface area contributed by atoms with Gasteiger partial charge in [0.25, 0.3) is 5.91 Å². The van der Waals surface area contributed by atoms with Gasteiger partial charge in [-0.2, -0.15) is 0 Å². The first kappa shape index (κ1) is 13.7. The largest absolute Gasteiger partial charge is 0.349 e. The zero-order chi connectivity index (χ0) is 12.3. The van der Waals surface area contributed by atoms with Crippen molar-refractivity contribution in [2.45, 2.75) is 33.7 Å². The molecule has 0 saturated heterocycles. The Morgan fingerprint density at radius 1 is 1.50 bits per heavy atom. The second-order valence-electron chi connectivity index (χ2n) is 4.24. The molecule has 0 bridgehead atoms. The number of nitrogens with one attached hydrogen (secondary N) is 1. The summed E-state index contributed by atoms with van der Waals surface area (Å²) in [7, 11) is 0. The van der Waals surface area contributed by atoms with Crippen LogP contribution >= 0.6 is 27.3 Å². The summed E-state index contributed by atoms with van der Waals surface area (Å²) in [5.74, 6) is 0.479. The third-order valence-corrected chi connectivity index (χ3v) is 5.02. The van der Waals surface area contributed by atoms with Gasteiger partial charge in [0, 0.05) is 16.2 Å². The van der Waals surface area contributed by atoms with E-state index in [9.17, 15) is 4.79 Å². The van der Waals surface area contributed by atoms with Crippen molar-refractivity contribution in [3.05, 3.63) is 21.4 Å². The molecule has 1 heterocycles.